The first-order valence-electron chi connectivity index (χ1n) is 7.44. The molecule has 0 saturated heterocycles. The maximum Gasteiger partial charge on any atom is 0.221 e. The van der Waals surface area contributed by atoms with Gasteiger partial charge in [0.15, 0.2) is 0 Å². The number of hydrogen-bond acceptors (Lipinski definition) is 3. The molecular weight excluding hydrogens is 278 g/mol. The van der Waals surface area contributed by atoms with Crippen molar-refractivity contribution >= 4 is 22.8 Å². The molecule has 1 aromatic heterocycles. The van der Waals surface area contributed by atoms with Crippen molar-refractivity contribution in [2.75, 3.05) is 7.05 Å². The van der Waals surface area contributed by atoms with E-state index in [1.807, 2.05) is 0 Å². The van der Waals surface area contributed by atoms with Crippen LogP contribution in [0.1, 0.15) is 66.2 Å². The van der Waals surface area contributed by atoms with Crippen molar-refractivity contribution in [3.8, 4) is 0 Å². The van der Waals surface area contributed by atoms with Crippen molar-refractivity contribution in [2.45, 2.75) is 58.3 Å². The average molecular weight is 303 g/mol. The summed E-state index contributed by atoms with van der Waals surface area (Å²) in [6, 6.07) is 0. The van der Waals surface area contributed by atoms with Crippen molar-refractivity contribution in [3.63, 3.8) is 0 Å². The van der Waals surface area contributed by atoms with Crippen molar-refractivity contribution in [3.05, 3.63) is 33.5 Å². The second-order valence-corrected chi connectivity index (χ2v) is 8.19. The van der Waals surface area contributed by atoms with E-state index in [1.54, 1.807) is 24.5 Å². The molecule has 0 unspecified atom stereocenters. The quantitative estimate of drug-likeness (QED) is 0.580. The van der Waals surface area contributed by atoms with Gasteiger partial charge in [-0.05, 0) is 47.8 Å². The third kappa shape index (κ3) is 2.52. The average Bonchev–Trinajstić information content (AvgIpc) is 2.76. The van der Waals surface area contributed by atoms with Gasteiger partial charge < -0.3 is 0 Å². The molecule has 114 valence electrons. The summed E-state index contributed by atoms with van der Waals surface area (Å²) in [6.07, 6.45) is 3.88. The van der Waals surface area contributed by atoms with E-state index in [9.17, 15) is 4.79 Å². The number of carbonyl (C=O) groups excluding carboxylic acids is 1. The highest BCUT2D eigenvalue weighted by molar-refractivity contribution is 7.15. The highest BCUT2D eigenvalue weighted by Crippen LogP contribution is 2.51. The molecule has 3 heteroatoms. The Morgan fingerprint density at radius 3 is 2.29 bits per heavy atom. The molecule has 21 heavy (non-hydrogen) atoms. The third-order valence-electron chi connectivity index (χ3n) is 4.69. The molecule has 0 amide bonds. The summed E-state index contributed by atoms with van der Waals surface area (Å²) in [4.78, 5) is 18.9. The Balaban J connectivity index is 2.67. The zero-order chi connectivity index (χ0) is 16.0. The lowest BCUT2D eigenvalue weighted by molar-refractivity contribution is 0.106. The van der Waals surface area contributed by atoms with E-state index in [4.69, 9.17) is 0 Å². The summed E-state index contributed by atoms with van der Waals surface area (Å²) in [7, 11) is 1.64. The van der Waals surface area contributed by atoms with Gasteiger partial charge in [0.2, 0.25) is 5.78 Å². The van der Waals surface area contributed by atoms with Gasteiger partial charge >= 0.3 is 0 Å². The molecule has 0 spiro atoms. The first-order valence-corrected chi connectivity index (χ1v) is 8.25. The number of hydrogen-bond donors (Lipinski definition) is 0. The molecule has 0 aliphatic heterocycles. The van der Waals surface area contributed by atoms with Crippen LogP contribution in [-0.4, -0.2) is 18.5 Å². The van der Waals surface area contributed by atoms with Crippen LogP contribution in [0.3, 0.4) is 0 Å². The van der Waals surface area contributed by atoms with Crippen LogP contribution in [0.4, 0.5) is 0 Å². The van der Waals surface area contributed by atoms with E-state index >= 15 is 0 Å². The lowest BCUT2D eigenvalue weighted by atomic mass is 9.66. The van der Waals surface area contributed by atoms with Crippen LogP contribution in [0.5, 0.6) is 0 Å². The lowest BCUT2D eigenvalue weighted by Gasteiger charge is -2.39. The van der Waals surface area contributed by atoms with Crippen molar-refractivity contribution < 1.29 is 4.79 Å². The number of fused-ring (bicyclic) bond motifs is 1. The van der Waals surface area contributed by atoms with Crippen LogP contribution >= 0.6 is 11.3 Å². The predicted molar refractivity (Wildman–Crippen MR) is 92.2 cm³/mol. The number of rotatable bonds is 3. The smallest absolute Gasteiger partial charge is 0.221 e. The third-order valence-corrected chi connectivity index (χ3v) is 6.34. The second-order valence-electron chi connectivity index (χ2n) is 7.17. The van der Waals surface area contributed by atoms with Gasteiger partial charge in [0.25, 0.3) is 0 Å². The number of carbonyl (C=O) groups is 1. The summed E-state index contributed by atoms with van der Waals surface area (Å²) in [5.41, 5.74) is 3.26. The molecule has 0 radical (unpaired) electrons. The van der Waals surface area contributed by atoms with Crippen molar-refractivity contribution in [1.29, 1.82) is 0 Å². The molecule has 0 aromatic carbocycles. The number of ketones is 1. The fourth-order valence-electron chi connectivity index (χ4n) is 3.29. The van der Waals surface area contributed by atoms with E-state index in [0.717, 1.165) is 23.3 Å². The molecule has 0 N–H and O–H groups in total. The minimum atomic E-state index is 0.0102. The normalized spacial score (nSPS) is 20.0. The number of Topliss-reactive ketones (excluding diaryl/α,β-unsaturated/α-hetero) is 1. The summed E-state index contributed by atoms with van der Waals surface area (Å²) >= 11 is 1.66. The maximum absolute atomic E-state index is 12.7. The molecule has 1 aliphatic carbocycles. The Hall–Kier alpha value is -1.22. The van der Waals surface area contributed by atoms with Crippen LogP contribution in [0.25, 0.3) is 0 Å². The zero-order valence-corrected chi connectivity index (χ0v) is 14.8. The SMILES string of the molecule is C=CC(=NC)C(=O)c1sc2c(c1C)C(C)(C)CCC2(C)C. The van der Waals surface area contributed by atoms with Gasteiger partial charge in [-0.1, -0.05) is 34.3 Å². The second kappa shape index (κ2) is 5.20. The molecule has 2 nitrogen and oxygen atoms in total. The fraction of sp³-hybridized carbons (Fsp3) is 0.556. The molecule has 0 atom stereocenters. The molecule has 1 aliphatic rings. The summed E-state index contributed by atoms with van der Waals surface area (Å²) in [5, 5.41) is 0. The number of allylic oxidation sites excluding steroid dienone is 1. The predicted octanol–water partition coefficient (Wildman–Crippen LogP) is 4.85. The first-order chi connectivity index (χ1) is 9.65. The zero-order valence-electron chi connectivity index (χ0n) is 14.0. The molecule has 0 saturated carbocycles. The fourth-order valence-corrected chi connectivity index (χ4v) is 4.85. The van der Waals surface area contributed by atoms with Gasteiger partial charge in [-0.2, -0.15) is 0 Å². The topological polar surface area (TPSA) is 29.4 Å². The van der Waals surface area contributed by atoms with E-state index < -0.39 is 0 Å². The standard InChI is InChI=1S/C18H25NOS/c1-8-12(19-7)14(20)15-11(2)13-16(21-15)18(5,6)10-9-17(13,3)4/h8H,1,9-10H2,2-7H3. The van der Waals surface area contributed by atoms with E-state index in [1.165, 1.54) is 10.4 Å². The first kappa shape index (κ1) is 16.2. The number of nitrogens with zero attached hydrogens (tertiary/aromatic N) is 1. The molecule has 0 bridgehead atoms. The summed E-state index contributed by atoms with van der Waals surface area (Å²) < 4.78 is 0. The Morgan fingerprint density at radius 1 is 1.24 bits per heavy atom. The molecule has 1 heterocycles. The Labute approximate surface area is 132 Å². The minimum absolute atomic E-state index is 0.0102. The maximum atomic E-state index is 12.7. The minimum Gasteiger partial charge on any atom is -0.286 e. The van der Waals surface area contributed by atoms with E-state index in [2.05, 4.69) is 46.2 Å². The van der Waals surface area contributed by atoms with Crippen molar-refractivity contribution in [2.24, 2.45) is 4.99 Å². The Bertz CT molecular complexity index is 632. The van der Waals surface area contributed by atoms with Crippen LogP contribution in [0.15, 0.2) is 17.6 Å². The Morgan fingerprint density at radius 2 is 1.81 bits per heavy atom. The van der Waals surface area contributed by atoms with Crippen LogP contribution in [-0.2, 0) is 10.8 Å². The van der Waals surface area contributed by atoms with Crippen LogP contribution in [0.2, 0.25) is 0 Å². The molecule has 2 rings (SSSR count). The van der Waals surface area contributed by atoms with Gasteiger partial charge in [-0.25, -0.2) is 0 Å². The van der Waals surface area contributed by atoms with Gasteiger partial charge in [-0.3, -0.25) is 9.79 Å². The van der Waals surface area contributed by atoms with E-state index in [0.29, 0.717) is 5.71 Å². The lowest BCUT2D eigenvalue weighted by Crippen LogP contribution is -2.32. The monoisotopic (exact) mass is 303 g/mol. The highest BCUT2D eigenvalue weighted by Gasteiger charge is 2.41. The molecule has 0 fully saturated rings. The highest BCUT2D eigenvalue weighted by atomic mass is 32.1. The summed E-state index contributed by atoms with van der Waals surface area (Å²) in [5.74, 6) is 0.0102. The number of aliphatic imine (C=N–C) groups is 1. The van der Waals surface area contributed by atoms with E-state index in [-0.39, 0.29) is 16.6 Å². The van der Waals surface area contributed by atoms with Gasteiger partial charge in [0, 0.05) is 11.9 Å². The van der Waals surface area contributed by atoms with Crippen molar-refractivity contribution in [1.82, 2.24) is 0 Å². The van der Waals surface area contributed by atoms with Gasteiger partial charge in [-0.15, -0.1) is 11.3 Å². The van der Waals surface area contributed by atoms with Crippen LogP contribution in [0, 0.1) is 6.92 Å². The number of thiophene rings is 1. The largest absolute Gasteiger partial charge is 0.286 e. The molecular formula is C18H25NOS. The van der Waals surface area contributed by atoms with Gasteiger partial charge in [0.1, 0.15) is 5.71 Å². The van der Waals surface area contributed by atoms with Gasteiger partial charge in [0.05, 0.1) is 4.88 Å². The van der Waals surface area contributed by atoms with Crippen LogP contribution < -0.4 is 0 Å². The molecule has 1 aromatic rings. The summed E-state index contributed by atoms with van der Waals surface area (Å²) in [6.45, 7) is 14.9. The Kier molecular flexibility index (Phi) is 4.00.